The number of halogens is 1. The van der Waals surface area contributed by atoms with E-state index in [0.717, 1.165) is 0 Å². The van der Waals surface area contributed by atoms with E-state index in [1.165, 1.54) is 0 Å². The highest BCUT2D eigenvalue weighted by Gasteiger charge is 2.46. The van der Waals surface area contributed by atoms with Crippen molar-refractivity contribution in [1.82, 2.24) is 5.32 Å². The first-order valence-corrected chi connectivity index (χ1v) is 12.2. The van der Waals surface area contributed by atoms with Crippen LogP contribution in [-0.4, -0.2) is 126 Å². The van der Waals surface area contributed by atoms with Crippen molar-refractivity contribution in [1.29, 1.82) is 0 Å². The average Bonchev–Trinajstić information content (AvgIpc) is 3.23. The van der Waals surface area contributed by atoms with Crippen LogP contribution in [0.5, 0.6) is 0 Å². The number of nitrogens with two attached hydrogens (primary N) is 4. The molecule has 8 unspecified atom stereocenters. The number of aliphatic hydroxyl groups excluding tert-OH is 4. The number of hydrogen-bond acceptors (Lipinski definition) is 13. The highest BCUT2D eigenvalue weighted by Crippen LogP contribution is 2.31. The minimum absolute atomic E-state index is 0.0595. The van der Waals surface area contributed by atoms with Crippen LogP contribution >= 0.6 is 0 Å². The van der Waals surface area contributed by atoms with Crippen molar-refractivity contribution in [3.05, 3.63) is 0 Å². The molecule has 2 saturated heterocycles. The fourth-order valence-corrected chi connectivity index (χ4v) is 4.85. The van der Waals surface area contributed by atoms with Gasteiger partial charge in [0.1, 0.15) is 30.6 Å². The van der Waals surface area contributed by atoms with Gasteiger partial charge in [0.15, 0.2) is 18.7 Å². The summed E-state index contributed by atoms with van der Waals surface area (Å²) >= 11 is 0. The topological polar surface area (TPSA) is 251 Å². The van der Waals surface area contributed by atoms with Crippen LogP contribution in [0.4, 0.5) is 4.39 Å². The Bertz CT molecular complexity index is 713. The second kappa shape index (κ2) is 13.1. The molecule has 1 saturated carbocycles. The summed E-state index contributed by atoms with van der Waals surface area (Å²) in [4.78, 5) is 12.1. The van der Waals surface area contributed by atoms with Crippen LogP contribution in [-0.2, 0) is 23.7 Å². The van der Waals surface area contributed by atoms with Crippen molar-refractivity contribution in [2.45, 2.75) is 105 Å². The van der Waals surface area contributed by atoms with E-state index in [0.29, 0.717) is 19.3 Å². The summed E-state index contributed by atoms with van der Waals surface area (Å²) < 4.78 is 36.9. The highest BCUT2D eigenvalue weighted by molar-refractivity contribution is 5.81. The minimum Gasteiger partial charge on any atom is -0.394 e. The third-order valence-corrected chi connectivity index (χ3v) is 6.86. The monoisotopic (exact) mass is 525 g/mol. The average molecular weight is 526 g/mol. The van der Waals surface area contributed by atoms with E-state index >= 15 is 0 Å². The molecule has 36 heavy (non-hydrogen) atoms. The van der Waals surface area contributed by atoms with E-state index < -0.39 is 86.0 Å². The molecule has 3 aliphatic rings. The summed E-state index contributed by atoms with van der Waals surface area (Å²) in [5, 5.41) is 42.3. The fourth-order valence-electron chi connectivity index (χ4n) is 4.85. The number of hydrogen-bond donors (Lipinski definition) is 9. The summed E-state index contributed by atoms with van der Waals surface area (Å²) in [6.45, 7) is -0.928. The molecule has 3 rings (SSSR count). The van der Waals surface area contributed by atoms with Gasteiger partial charge in [-0.25, -0.2) is 4.39 Å². The maximum Gasteiger partial charge on any atom is 0.252 e. The standard InChI is InChI=1S/C21H40FN5O9/c22-11(5-23)17(29)20(32)27-9-1-8(25)2-10(3-9)33-15-4-12(14(7-28)34-15)35-21-16(26)19(31)18(30)13(6-24)36-21/h8-19,21,28-31H,1-7,23-26H2,(H,27,32)/t8?,9?,10?,11?,12-,13-,14?,15?,16+,17?,18+,19?,21-/m0/s1. The van der Waals surface area contributed by atoms with E-state index in [4.69, 9.17) is 41.9 Å². The van der Waals surface area contributed by atoms with Crippen LogP contribution < -0.4 is 28.3 Å². The Hall–Kier alpha value is -1.08. The lowest BCUT2D eigenvalue weighted by atomic mass is 9.89. The number of rotatable bonds is 10. The van der Waals surface area contributed by atoms with Crippen molar-refractivity contribution in [2.24, 2.45) is 22.9 Å². The predicted molar refractivity (Wildman–Crippen MR) is 122 cm³/mol. The summed E-state index contributed by atoms with van der Waals surface area (Å²) in [5.41, 5.74) is 22.8. The molecule has 0 aromatic carbocycles. The van der Waals surface area contributed by atoms with Gasteiger partial charge in [0.05, 0.1) is 24.9 Å². The Balaban J connectivity index is 1.55. The van der Waals surface area contributed by atoms with Gasteiger partial charge < -0.3 is 67.6 Å². The quantitative estimate of drug-likeness (QED) is 0.130. The number of aliphatic hydroxyl groups is 4. The number of amides is 1. The van der Waals surface area contributed by atoms with E-state index in [2.05, 4.69) is 5.32 Å². The second-order valence-electron chi connectivity index (χ2n) is 9.66. The lowest BCUT2D eigenvalue weighted by molar-refractivity contribution is -0.274. The van der Waals surface area contributed by atoms with Crippen LogP contribution in [0.2, 0.25) is 0 Å². The Kier molecular flexibility index (Phi) is 10.7. The Labute approximate surface area is 208 Å². The van der Waals surface area contributed by atoms with Gasteiger partial charge in [0, 0.05) is 31.6 Å². The Morgan fingerprint density at radius 2 is 1.78 bits per heavy atom. The molecule has 0 aromatic heterocycles. The predicted octanol–water partition coefficient (Wildman–Crippen LogP) is -4.75. The smallest absolute Gasteiger partial charge is 0.252 e. The molecule has 1 aliphatic carbocycles. The molecule has 0 radical (unpaired) electrons. The Morgan fingerprint density at radius 1 is 1.06 bits per heavy atom. The molecule has 1 amide bonds. The number of carbonyl (C=O) groups is 1. The molecule has 210 valence electrons. The molecule has 15 heteroatoms. The molecule has 13 atom stereocenters. The highest BCUT2D eigenvalue weighted by atomic mass is 19.1. The lowest BCUT2D eigenvalue weighted by Crippen LogP contribution is -2.63. The number of carbonyl (C=O) groups excluding carboxylic acids is 1. The zero-order valence-electron chi connectivity index (χ0n) is 20.0. The van der Waals surface area contributed by atoms with Gasteiger partial charge in [-0.15, -0.1) is 0 Å². The third kappa shape index (κ3) is 7.06. The first-order valence-electron chi connectivity index (χ1n) is 12.2. The van der Waals surface area contributed by atoms with E-state index in [1.807, 2.05) is 0 Å². The zero-order chi connectivity index (χ0) is 26.6. The zero-order valence-corrected chi connectivity index (χ0v) is 20.0. The van der Waals surface area contributed by atoms with Crippen LogP contribution in [0.15, 0.2) is 0 Å². The van der Waals surface area contributed by atoms with Gasteiger partial charge >= 0.3 is 0 Å². The van der Waals surface area contributed by atoms with Crippen LogP contribution in [0.3, 0.4) is 0 Å². The minimum atomic E-state index is -1.88. The van der Waals surface area contributed by atoms with Gasteiger partial charge in [-0.3, -0.25) is 4.79 Å². The molecule has 2 aliphatic heterocycles. The molecule has 14 nitrogen and oxygen atoms in total. The maximum absolute atomic E-state index is 13.6. The summed E-state index contributed by atoms with van der Waals surface area (Å²) in [7, 11) is 0. The van der Waals surface area contributed by atoms with Gasteiger partial charge in [-0.2, -0.15) is 0 Å². The molecule has 2 heterocycles. The molecule has 13 N–H and O–H groups in total. The largest absolute Gasteiger partial charge is 0.394 e. The fraction of sp³-hybridized carbons (Fsp3) is 0.952. The summed E-state index contributed by atoms with van der Waals surface area (Å²) in [5.74, 6) is -0.872. The Morgan fingerprint density at radius 3 is 2.42 bits per heavy atom. The van der Waals surface area contributed by atoms with Crippen molar-refractivity contribution >= 4 is 5.91 Å². The van der Waals surface area contributed by atoms with Crippen molar-refractivity contribution < 1.29 is 48.6 Å². The second-order valence-corrected chi connectivity index (χ2v) is 9.66. The number of ether oxygens (including phenoxy) is 4. The van der Waals surface area contributed by atoms with E-state index in [9.17, 15) is 29.6 Å². The van der Waals surface area contributed by atoms with E-state index in [1.54, 1.807) is 0 Å². The van der Waals surface area contributed by atoms with Crippen LogP contribution in [0.1, 0.15) is 25.7 Å². The molecule has 3 fully saturated rings. The van der Waals surface area contributed by atoms with Gasteiger partial charge in [0.2, 0.25) is 0 Å². The normalized spacial score (nSPS) is 43.2. The number of nitrogens with one attached hydrogen (secondary N) is 1. The molecule has 0 aromatic rings. The first-order chi connectivity index (χ1) is 17.1. The van der Waals surface area contributed by atoms with Gasteiger partial charge in [-0.1, -0.05) is 0 Å². The van der Waals surface area contributed by atoms with Crippen LogP contribution in [0, 0.1) is 0 Å². The SMILES string of the molecule is NCC(F)C(O)C(=O)NC1CC(N)CC(OC2C[C@H](O[C@H]3O[C@@H](CN)[C@@H](O)C(O)[C@H]3N)C(CO)O2)C1. The van der Waals surface area contributed by atoms with Crippen molar-refractivity contribution in [2.75, 3.05) is 19.7 Å². The maximum atomic E-state index is 13.6. The lowest BCUT2D eigenvalue weighted by Gasteiger charge is -2.41. The summed E-state index contributed by atoms with van der Waals surface area (Å²) in [6, 6.07) is -1.83. The summed E-state index contributed by atoms with van der Waals surface area (Å²) in [6.07, 6.45) is -9.54. The van der Waals surface area contributed by atoms with E-state index in [-0.39, 0.29) is 25.6 Å². The molecular formula is C21H40FN5O9. The molecular weight excluding hydrogens is 485 g/mol. The van der Waals surface area contributed by atoms with Gasteiger partial charge in [0.25, 0.3) is 5.91 Å². The first kappa shape index (κ1) is 29.5. The van der Waals surface area contributed by atoms with Crippen molar-refractivity contribution in [3.8, 4) is 0 Å². The number of alkyl halides is 1. The van der Waals surface area contributed by atoms with Crippen LogP contribution in [0.25, 0.3) is 0 Å². The third-order valence-electron chi connectivity index (χ3n) is 6.86. The molecule has 0 bridgehead atoms. The van der Waals surface area contributed by atoms with Crippen molar-refractivity contribution in [3.63, 3.8) is 0 Å². The molecule has 0 spiro atoms. The van der Waals surface area contributed by atoms with Gasteiger partial charge in [-0.05, 0) is 19.3 Å².